The highest BCUT2D eigenvalue weighted by Gasteiger charge is 2.29. The Morgan fingerprint density at radius 2 is 2.07 bits per heavy atom. The summed E-state index contributed by atoms with van der Waals surface area (Å²) in [5.74, 6) is 0.212. The lowest BCUT2D eigenvalue weighted by molar-refractivity contribution is -0.134. The van der Waals surface area contributed by atoms with E-state index in [-0.39, 0.29) is 24.2 Å². The molecule has 1 atom stereocenters. The molecule has 0 bridgehead atoms. The molecule has 1 aromatic carbocycles. The van der Waals surface area contributed by atoms with Crippen LogP contribution in [0.4, 0.5) is 0 Å². The Balaban J connectivity index is 1.67. The lowest BCUT2D eigenvalue weighted by Crippen LogP contribution is -2.40. The van der Waals surface area contributed by atoms with Crippen LogP contribution in [0.15, 0.2) is 35.7 Å². The summed E-state index contributed by atoms with van der Waals surface area (Å²) in [6.45, 7) is 2.82. The predicted octanol–water partition coefficient (Wildman–Crippen LogP) is 2.79. The minimum Gasteiger partial charge on any atom is -0.334 e. The van der Waals surface area contributed by atoms with E-state index in [1.54, 1.807) is 15.9 Å². The SMILES string of the molecule is C[C@H]1c2ccsc2CCN1C(=O)Cn1c(CS(C)(=O)=O)nc2ccccc21. The van der Waals surface area contributed by atoms with Crippen LogP contribution in [-0.2, 0) is 33.4 Å². The van der Waals surface area contributed by atoms with Gasteiger partial charge in [0.25, 0.3) is 0 Å². The van der Waals surface area contributed by atoms with Gasteiger partial charge in [-0.2, -0.15) is 0 Å². The monoisotopic (exact) mass is 403 g/mol. The molecule has 0 N–H and O–H groups in total. The molecule has 0 fully saturated rings. The van der Waals surface area contributed by atoms with Gasteiger partial charge in [-0.25, -0.2) is 13.4 Å². The van der Waals surface area contributed by atoms with Crippen LogP contribution >= 0.6 is 11.3 Å². The zero-order valence-electron chi connectivity index (χ0n) is 15.3. The molecule has 27 heavy (non-hydrogen) atoms. The van der Waals surface area contributed by atoms with Crippen molar-refractivity contribution in [2.45, 2.75) is 31.7 Å². The number of imidazole rings is 1. The van der Waals surface area contributed by atoms with Gasteiger partial charge in [0, 0.05) is 17.7 Å². The Morgan fingerprint density at radius 3 is 2.85 bits per heavy atom. The first-order chi connectivity index (χ1) is 12.8. The second kappa shape index (κ2) is 6.76. The Kier molecular flexibility index (Phi) is 4.55. The van der Waals surface area contributed by atoms with Gasteiger partial charge < -0.3 is 9.47 Å². The molecule has 0 unspecified atom stereocenters. The van der Waals surface area contributed by atoms with Crippen molar-refractivity contribution in [1.82, 2.24) is 14.5 Å². The van der Waals surface area contributed by atoms with Crippen LogP contribution < -0.4 is 0 Å². The summed E-state index contributed by atoms with van der Waals surface area (Å²) in [5, 5.41) is 2.07. The van der Waals surface area contributed by atoms with Crippen molar-refractivity contribution in [3.8, 4) is 0 Å². The average molecular weight is 404 g/mol. The first kappa shape index (κ1) is 18.2. The van der Waals surface area contributed by atoms with Crippen LogP contribution in [0.2, 0.25) is 0 Å². The second-order valence-electron chi connectivity index (χ2n) is 6.99. The molecular weight excluding hydrogens is 382 g/mol. The van der Waals surface area contributed by atoms with Gasteiger partial charge in [0.05, 0.1) is 17.1 Å². The normalized spacial score (nSPS) is 17.3. The molecule has 3 aromatic rings. The van der Waals surface area contributed by atoms with E-state index >= 15 is 0 Å². The highest BCUT2D eigenvalue weighted by atomic mass is 32.2. The standard InChI is InChI=1S/C19H21N3O3S2/c1-13-14-8-10-26-17(14)7-9-21(13)19(23)11-22-16-6-4-3-5-15(16)20-18(22)12-27(2,24)25/h3-6,8,10,13H,7,9,11-12H2,1-2H3/t13-/m0/s1. The van der Waals surface area contributed by atoms with Crippen LogP contribution in [0.1, 0.15) is 29.2 Å². The molecule has 0 saturated heterocycles. The van der Waals surface area contributed by atoms with E-state index in [0.717, 1.165) is 11.9 Å². The third-order valence-electron chi connectivity index (χ3n) is 5.02. The number of carbonyl (C=O) groups is 1. The molecule has 2 aromatic heterocycles. The van der Waals surface area contributed by atoms with Crippen LogP contribution in [0.5, 0.6) is 0 Å². The number of fused-ring (bicyclic) bond motifs is 2. The van der Waals surface area contributed by atoms with E-state index in [0.29, 0.717) is 17.9 Å². The van der Waals surface area contributed by atoms with Gasteiger partial charge in [0.1, 0.15) is 18.1 Å². The molecular formula is C19H21N3O3S2. The highest BCUT2D eigenvalue weighted by molar-refractivity contribution is 7.89. The van der Waals surface area contributed by atoms with Crippen LogP contribution in [-0.4, -0.2) is 41.6 Å². The van der Waals surface area contributed by atoms with Crippen molar-refractivity contribution in [3.05, 3.63) is 52.0 Å². The average Bonchev–Trinajstić information content (AvgIpc) is 3.20. The molecule has 1 aliphatic heterocycles. The van der Waals surface area contributed by atoms with Gasteiger partial charge in [-0.15, -0.1) is 11.3 Å². The predicted molar refractivity (Wildman–Crippen MR) is 106 cm³/mol. The van der Waals surface area contributed by atoms with Gasteiger partial charge in [0.15, 0.2) is 9.84 Å². The molecule has 3 heterocycles. The summed E-state index contributed by atoms with van der Waals surface area (Å²) >= 11 is 1.74. The van der Waals surface area contributed by atoms with Crippen molar-refractivity contribution < 1.29 is 13.2 Å². The van der Waals surface area contributed by atoms with Crippen molar-refractivity contribution in [2.75, 3.05) is 12.8 Å². The minimum atomic E-state index is -3.26. The molecule has 8 heteroatoms. The van der Waals surface area contributed by atoms with Gasteiger partial charge in [-0.3, -0.25) is 4.79 Å². The molecule has 4 rings (SSSR count). The van der Waals surface area contributed by atoms with Crippen molar-refractivity contribution >= 4 is 38.1 Å². The second-order valence-corrected chi connectivity index (χ2v) is 10.1. The molecule has 0 spiro atoms. The first-order valence-electron chi connectivity index (χ1n) is 8.81. The number of hydrogen-bond donors (Lipinski definition) is 0. The highest BCUT2D eigenvalue weighted by Crippen LogP contribution is 2.33. The third-order valence-corrected chi connectivity index (χ3v) is 6.79. The number of aromatic nitrogens is 2. The third kappa shape index (κ3) is 3.51. The van der Waals surface area contributed by atoms with E-state index in [1.165, 1.54) is 16.7 Å². The Labute approximate surface area is 162 Å². The number of benzene rings is 1. The summed E-state index contributed by atoms with van der Waals surface area (Å²) < 4.78 is 25.4. The van der Waals surface area contributed by atoms with Crippen LogP contribution in [0.3, 0.4) is 0 Å². The molecule has 142 valence electrons. The van der Waals surface area contributed by atoms with Crippen molar-refractivity contribution in [1.29, 1.82) is 0 Å². The molecule has 1 aliphatic rings. The number of sulfone groups is 1. The summed E-state index contributed by atoms with van der Waals surface area (Å²) in [7, 11) is -3.26. The maximum Gasteiger partial charge on any atom is 0.243 e. The summed E-state index contributed by atoms with van der Waals surface area (Å²) in [4.78, 5) is 20.8. The van der Waals surface area contributed by atoms with E-state index < -0.39 is 9.84 Å². The number of amides is 1. The quantitative estimate of drug-likeness (QED) is 0.672. The number of rotatable bonds is 4. The Hall–Kier alpha value is -2.19. The first-order valence-corrected chi connectivity index (χ1v) is 11.7. The molecule has 6 nitrogen and oxygen atoms in total. The molecule has 0 aliphatic carbocycles. The molecule has 0 radical (unpaired) electrons. The Morgan fingerprint density at radius 1 is 1.30 bits per heavy atom. The van der Waals surface area contributed by atoms with Gasteiger partial charge in [-0.1, -0.05) is 12.1 Å². The van der Waals surface area contributed by atoms with Gasteiger partial charge in [0.2, 0.25) is 5.91 Å². The fourth-order valence-electron chi connectivity index (χ4n) is 3.72. The van der Waals surface area contributed by atoms with E-state index in [4.69, 9.17) is 0 Å². The van der Waals surface area contributed by atoms with E-state index in [1.807, 2.05) is 36.1 Å². The maximum absolute atomic E-state index is 13.1. The van der Waals surface area contributed by atoms with Crippen molar-refractivity contribution in [3.63, 3.8) is 0 Å². The topological polar surface area (TPSA) is 72.3 Å². The van der Waals surface area contributed by atoms with E-state index in [9.17, 15) is 13.2 Å². The summed E-state index contributed by atoms with van der Waals surface area (Å²) in [6, 6.07) is 9.56. The number of para-hydroxylation sites is 2. The zero-order chi connectivity index (χ0) is 19.2. The summed E-state index contributed by atoms with van der Waals surface area (Å²) in [5.41, 5.74) is 2.70. The number of carbonyl (C=O) groups excluding carboxylic acids is 1. The Bertz CT molecular complexity index is 1110. The molecule has 1 amide bonds. The summed E-state index contributed by atoms with van der Waals surface area (Å²) in [6.07, 6.45) is 2.05. The maximum atomic E-state index is 13.1. The van der Waals surface area contributed by atoms with Gasteiger partial charge >= 0.3 is 0 Å². The van der Waals surface area contributed by atoms with Crippen molar-refractivity contribution in [2.24, 2.45) is 0 Å². The fourth-order valence-corrected chi connectivity index (χ4v) is 5.37. The number of nitrogens with zero attached hydrogens (tertiary/aromatic N) is 3. The largest absolute Gasteiger partial charge is 0.334 e. The smallest absolute Gasteiger partial charge is 0.243 e. The molecule has 0 saturated carbocycles. The van der Waals surface area contributed by atoms with E-state index in [2.05, 4.69) is 16.4 Å². The fraction of sp³-hybridized carbons (Fsp3) is 0.368. The van der Waals surface area contributed by atoms with Gasteiger partial charge in [-0.05, 0) is 42.5 Å². The lowest BCUT2D eigenvalue weighted by Gasteiger charge is -2.34. The number of hydrogen-bond acceptors (Lipinski definition) is 5. The number of thiophene rings is 1. The zero-order valence-corrected chi connectivity index (χ0v) is 16.9. The lowest BCUT2D eigenvalue weighted by atomic mass is 10.0. The van der Waals surface area contributed by atoms with Crippen LogP contribution in [0.25, 0.3) is 11.0 Å². The minimum absolute atomic E-state index is 0.0164. The van der Waals surface area contributed by atoms with Crippen LogP contribution in [0, 0.1) is 0 Å².